The predicted molar refractivity (Wildman–Crippen MR) is 201 cm³/mol. The Labute approximate surface area is 288 Å². The van der Waals surface area contributed by atoms with Gasteiger partial charge in [0, 0.05) is 20.6 Å². The summed E-state index contributed by atoms with van der Waals surface area (Å²) < 4.78 is 13.9. The molecule has 0 aromatic heterocycles. The Bertz CT molecular complexity index is 2740. The lowest BCUT2D eigenvalue weighted by Gasteiger charge is -2.40. The van der Waals surface area contributed by atoms with Gasteiger partial charge in [0.1, 0.15) is 23.0 Å². The van der Waals surface area contributed by atoms with E-state index in [1.165, 1.54) is 64.9 Å². The molecule has 0 fully saturated rings. The molecule has 0 saturated heterocycles. The summed E-state index contributed by atoms with van der Waals surface area (Å²) in [6.07, 6.45) is 0. The van der Waals surface area contributed by atoms with Crippen LogP contribution in [-0.4, -0.2) is 6.71 Å². The van der Waals surface area contributed by atoms with Crippen LogP contribution in [0.4, 0.5) is 0 Å². The average Bonchev–Trinajstić information content (AvgIpc) is 3.42. The lowest BCUT2D eigenvalue weighted by Crippen LogP contribution is -2.57. The SMILES string of the molecule is c1ccc2c(c1)Sc1ccccc1C21c2ccccc2-c2cc3c(cc21)B1c2cc4ccccc4cc2Oc2cc4ccccc4c(c21)O3. The Morgan fingerprint density at radius 1 is 0.449 bits per heavy atom. The van der Waals surface area contributed by atoms with Crippen molar-refractivity contribution in [1.29, 1.82) is 0 Å². The highest BCUT2D eigenvalue weighted by Gasteiger charge is 2.52. The molecule has 1 aliphatic carbocycles. The van der Waals surface area contributed by atoms with Crippen LogP contribution in [0.1, 0.15) is 22.3 Å². The molecular weight excluding hydrogens is 615 g/mol. The Balaban J connectivity index is 1.22. The average molecular weight is 641 g/mol. The van der Waals surface area contributed by atoms with E-state index >= 15 is 0 Å². The van der Waals surface area contributed by atoms with Crippen molar-refractivity contribution in [2.45, 2.75) is 15.2 Å². The Hall–Kier alpha value is -5.71. The van der Waals surface area contributed by atoms with Crippen molar-refractivity contribution in [3.8, 4) is 34.1 Å². The van der Waals surface area contributed by atoms with E-state index in [9.17, 15) is 0 Å². The second kappa shape index (κ2) is 9.25. The molecule has 8 aromatic carbocycles. The van der Waals surface area contributed by atoms with E-state index in [-0.39, 0.29) is 6.71 Å². The zero-order valence-corrected chi connectivity index (χ0v) is 27.1. The molecule has 0 unspecified atom stereocenters. The molecule has 0 N–H and O–H groups in total. The van der Waals surface area contributed by atoms with Gasteiger partial charge in [0.15, 0.2) is 0 Å². The summed E-state index contributed by atoms with van der Waals surface area (Å²) in [5.74, 6) is 3.59. The Morgan fingerprint density at radius 2 is 1.04 bits per heavy atom. The topological polar surface area (TPSA) is 18.5 Å². The Morgan fingerprint density at radius 3 is 1.84 bits per heavy atom. The van der Waals surface area contributed by atoms with Gasteiger partial charge in [-0.3, -0.25) is 0 Å². The van der Waals surface area contributed by atoms with Gasteiger partial charge in [-0.2, -0.15) is 0 Å². The lowest BCUT2D eigenvalue weighted by molar-refractivity contribution is 0.469. The molecule has 3 heterocycles. The molecule has 0 amide bonds. The summed E-state index contributed by atoms with van der Waals surface area (Å²) in [5.41, 5.74) is 10.8. The van der Waals surface area contributed by atoms with Gasteiger partial charge in [0.05, 0.1) is 5.41 Å². The largest absolute Gasteiger partial charge is 0.458 e. The first-order valence-electron chi connectivity index (χ1n) is 16.9. The fourth-order valence-electron chi connectivity index (χ4n) is 9.24. The van der Waals surface area contributed by atoms with Crippen molar-refractivity contribution < 1.29 is 9.47 Å². The maximum Gasteiger partial charge on any atom is 0.260 e. The molecule has 226 valence electrons. The van der Waals surface area contributed by atoms with E-state index < -0.39 is 5.41 Å². The fourth-order valence-corrected chi connectivity index (χ4v) is 10.4. The third-order valence-electron chi connectivity index (χ3n) is 11.2. The first-order valence-corrected chi connectivity index (χ1v) is 17.7. The molecule has 3 aliphatic heterocycles. The highest BCUT2D eigenvalue weighted by atomic mass is 32.2. The molecule has 1 spiro atoms. The van der Waals surface area contributed by atoms with Crippen molar-refractivity contribution >= 4 is 56.4 Å². The summed E-state index contributed by atoms with van der Waals surface area (Å²) in [4.78, 5) is 2.61. The molecule has 12 rings (SSSR count). The molecular formula is C45H25BO2S. The third-order valence-corrected chi connectivity index (χ3v) is 12.4. The number of benzene rings is 8. The van der Waals surface area contributed by atoms with Crippen molar-refractivity contribution in [3.63, 3.8) is 0 Å². The van der Waals surface area contributed by atoms with Gasteiger partial charge in [-0.25, -0.2) is 0 Å². The summed E-state index contributed by atoms with van der Waals surface area (Å²) in [7, 11) is 0. The van der Waals surface area contributed by atoms with Crippen LogP contribution in [0.2, 0.25) is 0 Å². The van der Waals surface area contributed by atoms with E-state index in [4.69, 9.17) is 9.47 Å². The minimum absolute atomic E-state index is 0.0544. The van der Waals surface area contributed by atoms with Crippen LogP contribution in [0, 0.1) is 0 Å². The molecule has 0 atom stereocenters. The molecule has 0 saturated carbocycles. The van der Waals surface area contributed by atoms with E-state index in [2.05, 4.69) is 152 Å². The van der Waals surface area contributed by atoms with Crippen LogP contribution >= 0.6 is 11.8 Å². The molecule has 4 heteroatoms. The summed E-state index contributed by atoms with van der Waals surface area (Å²) in [5, 5.41) is 4.60. The van der Waals surface area contributed by atoms with Gasteiger partial charge in [0.2, 0.25) is 0 Å². The molecule has 49 heavy (non-hydrogen) atoms. The quantitative estimate of drug-likeness (QED) is 0.154. The highest BCUT2D eigenvalue weighted by Crippen LogP contribution is 2.62. The van der Waals surface area contributed by atoms with Gasteiger partial charge < -0.3 is 9.47 Å². The van der Waals surface area contributed by atoms with E-state index in [0.717, 1.165) is 39.2 Å². The van der Waals surface area contributed by atoms with Crippen molar-refractivity contribution in [3.05, 3.63) is 174 Å². The second-order valence-electron chi connectivity index (χ2n) is 13.5. The summed E-state index contributed by atoms with van der Waals surface area (Å²) >= 11 is 1.88. The Kier molecular flexibility index (Phi) is 4.96. The number of hydrogen-bond donors (Lipinski definition) is 0. The van der Waals surface area contributed by atoms with Crippen LogP contribution in [0.3, 0.4) is 0 Å². The first kappa shape index (κ1) is 26.3. The van der Waals surface area contributed by atoms with Crippen LogP contribution < -0.4 is 25.9 Å². The van der Waals surface area contributed by atoms with Crippen molar-refractivity contribution in [2.75, 3.05) is 0 Å². The van der Waals surface area contributed by atoms with Gasteiger partial charge in [0.25, 0.3) is 6.71 Å². The molecule has 4 aliphatic rings. The van der Waals surface area contributed by atoms with Gasteiger partial charge >= 0.3 is 0 Å². The normalized spacial score (nSPS) is 14.9. The minimum Gasteiger partial charge on any atom is -0.458 e. The van der Waals surface area contributed by atoms with Crippen LogP contribution in [0.5, 0.6) is 23.0 Å². The van der Waals surface area contributed by atoms with Gasteiger partial charge in [-0.1, -0.05) is 133 Å². The van der Waals surface area contributed by atoms with E-state index in [1.807, 2.05) is 11.8 Å². The number of fused-ring (bicyclic) bond motifs is 16. The van der Waals surface area contributed by atoms with Crippen LogP contribution in [-0.2, 0) is 5.41 Å². The maximum absolute atomic E-state index is 7.11. The molecule has 0 bridgehead atoms. The molecule has 0 radical (unpaired) electrons. The minimum atomic E-state index is -0.455. The lowest BCUT2D eigenvalue weighted by atomic mass is 9.34. The first-order chi connectivity index (χ1) is 24.3. The zero-order valence-electron chi connectivity index (χ0n) is 26.2. The monoisotopic (exact) mass is 640 g/mol. The molecule has 8 aromatic rings. The van der Waals surface area contributed by atoms with Gasteiger partial charge in [-0.15, -0.1) is 0 Å². The fraction of sp³-hybridized carbons (Fsp3) is 0.0222. The predicted octanol–water partition coefficient (Wildman–Crippen LogP) is 9.55. The standard InChI is InChI=1S/C45H25BO2S/c1-2-12-27-22-38-36(21-26(27)11-1)46-37-25-35-31(24-39(37)48-44-29-14-4-3-13-28(29)23-40(47-38)43(44)46)30-15-5-6-16-32(30)45(35)33-17-7-9-19-41(33)49-42-20-10-8-18-34(42)45/h1-25H. The highest BCUT2D eigenvalue weighted by molar-refractivity contribution is 7.99. The van der Waals surface area contributed by atoms with E-state index in [1.54, 1.807) is 0 Å². The summed E-state index contributed by atoms with van der Waals surface area (Å²) in [6, 6.07) is 55.7. The second-order valence-corrected chi connectivity index (χ2v) is 14.6. The van der Waals surface area contributed by atoms with Crippen molar-refractivity contribution in [1.82, 2.24) is 0 Å². The maximum atomic E-state index is 7.11. The number of ether oxygens (including phenoxy) is 2. The zero-order chi connectivity index (χ0) is 31.8. The van der Waals surface area contributed by atoms with Crippen molar-refractivity contribution in [2.24, 2.45) is 0 Å². The van der Waals surface area contributed by atoms with Crippen LogP contribution in [0.15, 0.2) is 161 Å². The number of rotatable bonds is 0. The summed E-state index contributed by atoms with van der Waals surface area (Å²) in [6.45, 7) is -0.0544. The smallest absolute Gasteiger partial charge is 0.260 e. The number of hydrogen-bond acceptors (Lipinski definition) is 3. The van der Waals surface area contributed by atoms with E-state index in [0.29, 0.717) is 0 Å². The van der Waals surface area contributed by atoms with Gasteiger partial charge in [-0.05, 0) is 90.8 Å². The third kappa shape index (κ3) is 3.25. The van der Waals surface area contributed by atoms with Crippen LogP contribution in [0.25, 0.3) is 32.7 Å². The molecule has 2 nitrogen and oxygen atoms in total.